The average Bonchev–Trinajstić information content (AvgIpc) is 3.28. The highest BCUT2D eigenvalue weighted by Gasteiger charge is 2.15. The Morgan fingerprint density at radius 1 is 0.840 bits per heavy atom. The molecule has 0 spiro atoms. The second-order valence-corrected chi connectivity index (χ2v) is 7.57. The molecule has 4 nitrogen and oxygen atoms in total. The number of rotatable bonds is 2. The number of fused-ring (bicyclic) bond motifs is 2. The van der Waals surface area contributed by atoms with Crippen LogP contribution >= 0.6 is 22.7 Å². The minimum Gasteiger partial charge on any atom is -0.267 e. The molecule has 0 bridgehead atoms. The maximum atomic E-state index is 12.9. The van der Waals surface area contributed by atoms with Gasteiger partial charge in [0, 0.05) is 10.4 Å². The van der Waals surface area contributed by atoms with Crippen LogP contribution in [-0.2, 0) is 0 Å². The van der Waals surface area contributed by atoms with E-state index in [0.717, 1.165) is 25.8 Å². The molecule has 5 rings (SSSR count). The first-order valence-electron chi connectivity index (χ1n) is 7.74. The molecule has 0 aliphatic rings. The van der Waals surface area contributed by atoms with Gasteiger partial charge < -0.3 is 0 Å². The third-order valence-electron chi connectivity index (χ3n) is 3.97. The van der Waals surface area contributed by atoms with Gasteiger partial charge in [-0.15, -0.1) is 11.3 Å². The number of hydrogen-bond acceptors (Lipinski definition) is 5. The van der Waals surface area contributed by atoms with Crippen molar-refractivity contribution in [3.63, 3.8) is 0 Å². The van der Waals surface area contributed by atoms with E-state index >= 15 is 0 Å². The van der Waals surface area contributed by atoms with Crippen LogP contribution in [0.1, 0.15) is 0 Å². The van der Waals surface area contributed by atoms with Gasteiger partial charge in [-0.1, -0.05) is 72.0 Å². The molecule has 3 heterocycles. The summed E-state index contributed by atoms with van der Waals surface area (Å²) >= 11 is 2.97. The van der Waals surface area contributed by atoms with E-state index in [9.17, 15) is 4.79 Å². The predicted octanol–water partition coefficient (Wildman–Crippen LogP) is 4.70. The molecule has 120 valence electrons. The highest BCUT2D eigenvalue weighted by atomic mass is 32.1. The zero-order valence-electron chi connectivity index (χ0n) is 12.9. The smallest absolute Gasteiger partial charge is 0.267 e. The van der Waals surface area contributed by atoms with Crippen LogP contribution in [0.3, 0.4) is 0 Å². The Bertz CT molecular complexity index is 1160. The van der Waals surface area contributed by atoms with E-state index in [1.54, 1.807) is 0 Å². The lowest BCUT2D eigenvalue weighted by atomic mass is 10.2. The van der Waals surface area contributed by atoms with E-state index in [-0.39, 0.29) is 5.56 Å². The number of thiophene rings is 1. The SMILES string of the molecule is O=c1c2cc(-c3ccccc3)sc2nc2sc(-c3ccccc3)nn12. The zero-order chi connectivity index (χ0) is 16.8. The second kappa shape index (κ2) is 5.61. The summed E-state index contributed by atoms with van der Waals surface area (Å²) in [5, 5.41) is 5.89. The molecule has 25 heavy (non-hydrogen) atoms. The summed E-state index contributed by atoms with van der Waals surface area (Å²) in [6, 6.07) is 21.8. The molecule has 0 amide bonds. The minimum absolute atomic E-state index is 0.114. The zero-order valence-corrected chi connectivity index (χ0v) is 14.6. The van der Waals surface area contributed by atoms with Crippen LogP contribution in [0, 0.1) is 0 Å². The highest BCUT2D eigenvalue weighted by Crippen LogP contribution is 2.32. The van der Waals surface area contributed by atoms with Gasteiger partial charge in [-0.25, -0.2) is 4.98 Å². The summed E-state index contributed by atoms with van der Waals surface area (Å²) in [6.45, 7) is 0. The van der Waals surface area contributed by atoms with Crippen LogP contribution in [0.15, 0.2) is 71.5 Å². The molecular formula is C19H11N3OS2. The lowest BCUT2D eigenvalue weighted by Gasteiger charge is -1.93. The maximum absolute atomic E-state index is 12.9. The Labute approximate surface area is 150 Å². The molecule has 0 saturated carbocycles. The molecular weight excluding hydrogens is 350 g/mol. The number of benzene rings is 2. The van der Waals surface area contributed by atoms with E-state index in [1.807, 2.05) is 66.7 Å². The van der Waals surface area contributed by atoms with E-state index < -0.39 is 0 Å². The van der Waals surface area contributed by atoms with Gasteiger partial charge >= 0.3 is 0 Å². The fourth-order valence-electron chi connectivity index (χ4n) is 2.75. The summed E-state index contributed by atoms with van der Waals surface area (Å²) in [5.41, 5.74) is 1.97. The summed E-state index contributed by atoms with van der Waals surface area (Å²) in [4.78, 5) is 19.9. The quantitative estimate of drug-likeness (QED) is 0.458. The van der Waals surface area contributed by atoms with Gasteiger partial charge in [0.1, 0.15) is 9.84 Å². The molecule has 0 atom stereocenters. The third kappa shape index (κ3) is 2.38. The van der Waals surface area contributed by atoms with Crippen molar-refractivity contribution >= 4 is 37.9 Å². The molecule has 0 fully saturated rings. The second-order valence-electron chi connectivity index (χ2n) is 5.58. The van der Waals surface area contributed by atoms with Crippen molar-refractivity contribution in [2.24, 2.45) is 0 Å². The van der Waals surface area contributed by atoms with Crippen LogP contribution in [0.4, 0.5) is 0 Å². The predicted molar refractivity (Wildman–Crippen MR) is 103 cm³/mol. The lowest BCUT2D eigenvalue weighted by Crippen LogP contribution is -2.14. The van der Waals surface area contributed by atoms with Crippen LogP contribution in [-0.4, -0.2) is 14.6 Å². The summed E-state index contributed by atoms with van der Waals surface area (Å²) < 4.78 is 1.41. The number of hydrogen-bond donors (Lipinski definition) is 0. The van der Waals surface area contributed by atoms with Crippen molar-refractivity contribution in [2.75, 3.05) is 0 Å². The standard InChI is InChI=1S/C19H11N3OS2/c23-18-14-11-15(12-7-3-1-4-8-12)24-17(14)20-19-22(18)21-16(25-19)13-9-5-2-6-10-13/h1-11H. The van der Waals surface area contributed by atoms with Crippen molar-refractivity contribution in [3.05, 3.63) is 77.1 Å². The van der Waals surface area contributed by atoms with Crippen molar-refractivity contribution in [3.8, 4) is 21.0 Å². The van der Waals surface area contributed by atoms with Crippen molar-refractivity contribution in [1.82, 2.24) is 14.6 Å². The summed E-state index contributed by atoms with van der Waals surface area (Å²) in [7, 11) is 0. The van der Waals surface area contributed by atoms with Crippen LogP contribution < -0.4 is 5.56 Å². The number of aromatic nitrogens is 3. The largest absolute Gasteiger partial charge is 0.283 e. The van der Waals surface area contributed by atoms with Gasteiger partial charge in [0.2, 0.25) is 4.96 Å². The first-order chi connectivity index (χ1) is 12.3. The lowest BCUT2D eigenvalue weighted by molar-refractivity contribution is 0.921. The summed E-state index contributed by atoms with van der Waals surface area (Å²) in [5.74, 6) is 0. The summed E-state index contributed by atoms with van der Waals surface area (Å²) in [6.07, 6.45) is 0. The number of nitrogens with zero attached hydrogens (tertiary/aromatic N) is 3. The molecule has 0 radical (unpaired) electrons. The highest BCUT2D eigenvalue weighted by molar-refractivity contribution is 7.22. The fourth-order valence-corrected chi connectivity index (χ4v) is 4.73. The van der Waals surface area contributed by atoms with E-state index in [2.05, 4.69) is 10.1 Å². The molecule has 0 saturated heterocycles. The van der Waals surface area contributed by atoms with Crippen molar-refractivity contribution < 1.29 is 0 Å². The minimum atomic E-state index is -0.114. The normalized spacial score (nSPS) is 11.4. The molecule has 2 aromatic carbocycles. The Morgan fingerprint density at radius 2 is 1.52 bits per heavy atom. The Morgan fingerprint density at radius 3 is 2.24 bits per heavy atom. The molecule has 0 unspecified atom stereocenters. The van der Waals surface area contributed by atoms with E-state index in [0.29, 0.717) is 10.3 Å². The van der Waals surface area contributed by atoms with Gasteiger partial charge in [0.25, 0.3) is 5.56 Å². The maximum Gasteiger partial charge on any atom is 0.283 e. The average molecular weight is 361 g/mol. The Kier molecular flexibility index (Phi) is 3.26. The van der Waals surface area contributed by atoms with Gasteiger partial charge in [-0.2, -0.15) is 9.61 Å². The van der Waals surface area contributed by atoms with Gasteiger partial charge in [-0.3, -0.25) is 4.79 Å². The van der Waals surface area contributed by atoms with E-state index in [4.69, 9.17) is 0 Å². The topological polar surface area (TPSA) is 47.3 Å². The molecule has 6 heteroatoms. The fraction of sp³-hybridized carbons (Fsp3) is 0. The molecule has 0 aliphatic heterocycles. The Balaban J connectivity index is 1.72. The van der Waals surface area contributed by atoms with Crippen LogP contribution in [0.5, 0.6) is 0 Å². The Hall–Kier alpha value is -2.83. The van der Waals surface area contributed by atoms with E-state index in [1.165, 1.54) is 27.2 Å². The molecule has 0 N–H and O–H groups in total. The first kappa shape index (κ1) is 14.5. The van der Waals surface area contributed by atoms with Crippen LogP contribution in [0.25, 0.3) is 36.2 Å². The van der Waals surface area contributed by atoms with Crippen molar-refractivity contribution in [1.29, 1.82) is 0 Å². The van der Waals surface area contributed by atoms with Crippen LogP contribution in [0.2, 0.25) is 0 Å². The van der Waals surface area contributed by atoms with Crippen molar-refractivity contribution in [2.45, 2.75) is 0 Å². The van der Waals surface area contributed by atoms with Gasteiger partial charge in [0.15, 0.2) is 0 Å². The molecule has 5 aromatic rings. The molecule has 3 aromatic heterocycles. The first-order valence-corrected chi connectivity index (χ1v) is 9.37. The molecule has 0 aliphatic carbocycles. The van der Waals surface area contributed by atoms with Gasteiger partial charge in [-0.05, 0) is 11.6 Å². The third-order valence-corrected chi connectivity index (χ3v) is 6.01. The monoisotopic (exact) mass is 361 g/mol. The van der Waals surface area contributed by atoms with Gasteiger partial charge in [0.05, 0.1) is 5.39 Å².